The molecule has 16 heavy (non-hydrogen) atoms. The molecule has 12 N–H and O–H groups in total. The Hall–Kier alpha value is 1.89. The molecule has 0 bridgehead atoms. The van der Waals surface area contributed by atoms with Crippen molar-refractivity contribution in [1.82, 2.24) is 18.5 Å². The van der Waals surface area contributed by atoms with Crippen molar-refractivity contribution in [3.63, 3.8) is 0 Å². The Bertz CT molecular complexity index is 141. The molecule has 0 fully saturated rings. The summed E-state index contributed by atoms with van der Waals surface area (Å²) >= 11 is 0. The van der Waals surface area contributed by atoms with Crippen molar-refractivity contribution in [3.8, 4) is 0 Å². The van der Waals surface area contributed by atoms with Gasteiger partial charge in [-0.05, 0) is 0 Å². The summed E-state index contributed by atoms with van der Waals surface area (Å²) in [7, 11) is -10.0. The van der Waals surface area contributed by atoms with E-state index >= 15 is 0 Å². The van der Waals surface area contributed by atoms with Gasteiger partial charge < -0.3 is 52.4 Å². The second kappa shape index (κ2) is 22.1. The third-order valence-electron chi connectivity index (χ3n) is 0. The molecular formula is H12Li3N3O8P2. The predicted molar refractivity (Wildman–Crippen MR) is 36.9 cm³/mol. The van der Waals surface area contributed by atoms with Crippen molar-refractivity contribution >= 4 is 15.6 Å². The van der Waals surface area contributed by atoms with Gasteiger partial charge in [-0.3, -0.25) is 0 Å². The molecule has 0 aliphatic heterocycles. The largest absolute Gasteiger partial charge is 1.00 e. The first kappa shape index (κ1) is 52.2. The Balaban J connectivity index is -0.00000000970. The van der Waals surface area contributed by atoms with Crippen LogP contribution in [0.25, 0.3) is 0 Å². The molecule has 0 aromatic rings. The van der Waals surface area contributed by atoms with Crippen LogP contribution in [0.1, 0.15) is 0 Å². The van der Waals surface area contributed by atoms with E-state index in [1.807, 2.05) is 0 Å². The van der Waals surface area contributed by atoms with Gasteiger partial charge in [0.05, 0.1) is 0 Å². The van der Waals surface area contributed by atoms with Crippen molar-refractivity contribution in [2.24, 2.45) is 0 Å². The molecule has 0 aromatic carbocycles. The Morgan fingerprint density at radius 1 is 0.688 bits per heavy atom. The Morgan fingerprint density at radius 3 is 0.688 bits per heavy atom. The standard InChI is InChI=1S/3Li.3H3N.2H3O4P/c;;;;;;2*1-5(2,3)4/h;;;3*1H3;2*(H3,1,2,3,4)/q3*+1;;;;;/p-3. The van der Waals surface area contributed by atoms with Crippen molar-refractivity contribution in [3.05, 3.63) is 0 Å². The molecule has 0 radical (unpaired) electrons. The second-order valence-electron chi connectivity index (χ2n) is 0.960. The zero-order valence-electron chi connectivity index (χ0n) is 9.40. The molecule has 0 atom stereocenters. The van der Waals surface area contributed by atoms with Crippen LogP contribution in [0.4, 0.5) is 0 Å². The molecule has 16 heteroatoms. The summed E-state index contributed by atoms with van der Waals surface area (Å²) in [6, 6.07) is 0. The van der Waals surface area contributed by atoms with Crippen LogP contribution in [0.5, 0.6) is 0 Å². The van der Waals surface area contributed by atoms with E-state index in [9.17, 15) is 0 Å². The number of hydrogen-bond donors (Lipinski definition) is 6. The topological polar surface area (TPSA) is 269 Å². The van der Waals surface area contributed by atoms with Gasteiger partial charge in [-0.1, -0.05) is 0 Å². The number of phosphoric acid groups is 2. The van der Waals surface area contributed by atoms with Crippen LogP contribution in [0, 0.1) is 0 Å². The van der Waals surface area contributed by atoms with Crippen LogP contribution in [-0.2, 0) is 9.13 Å². The summed E-state index contributed by atoms with van der Waals surface area (Å²) in [5, 5.41) is 0. The van der Waals surface area contributed by atoms with Gasteiger partial charge in [0.15, 0.2) is 0 Å². The Labute approximate surface area is 129 Å². The van der Waals surface area contributed by atoms with Crippen molar-refractivity contribution < 1.29 is 95.1 Å². The van der Waals surface area contributed by atoms with E-state index in [0.29, 0.717) is 0 Å². The quantitative estimate of drug-likeness (QED) is 0.176. The van der Waals surface area contributed by atoms with Crippen LogP contribution in [-0.4, -0.2) is 14.7 Å². The van der Waals surface area contributed by atoms with Gasteiger partial charge >= 0.3 is 64.4 Å². The summed E-state index contributed by atoms with van der Waals surface area (Å²) in [5.74, 6) is 0. The van der Waals surface area contributed by atoms with Gasteiger partial charge in [0.2, 0.25) is 0 Å². The maximum Gasteiger partial charge on any atom is 1.00 e. The van der Waals surface area contributed by atoms with Crippen LogP contribution < -0.4 is 89.7 Å². The number of hydrogen-bond acceptors (Lipinski definition) is 8. The average molecular weight is 265 g/mol. The predicted octanol–water partition coefficient (Wildman–Crippen LogP) is -12.3. The van der Waals surface area contributed by atoms with E-state index in [4.69, 9.17) is 38.5 Å². The van der Waals surface area contributed by atoms with Gasteiger partial charge in [-0.25, -0.2) is 4.57 Å². The minimum absolute atomic E-state index is 0. The minimum Gasteiger partial charge on any atom is -0.822 e. The zero-order chi connectivity index (χ0) is 9.00. The molecule has 0 aromatic heterocycles. The Kier molecular flexibility index (Phi) is 72.1. The van der Waals surface area contributed by atoms with E-state index in [2.05, 4.69) is 0 Å². The first-order chi connectivity index (χ1) is 4.00. The van der Waals surface area contributed by atoms with E-state index in [1.54, 1.807) is 0 Å². The number of rotatable bonds is 0. The molecule has 0 amide bonds. The molecule has 0 aliphatic carbocycles. The van der Waals surface area contributed by atoms with E-state index < -0.39 is 15.6 Å². The van der Waals surface area contributed by atoms with Gasteiger partial charge in [0.25, 0.3) is 0 Å². The van der Waals surface area contributed by atoms with Gasteiger partial charge in [-0.2, -0.15) is 7.82 Å². The minimum atomic E-state index is -5.39. The maximum atomic E-state index is 8.88. The van der Waals surface area contributed by atoms with Crippen LogP contribution in [0.3, 0.4) is 0 Å². The molecule has 0 unspecified atom stereocenters. The first-order valence-corrected chi connectivity index (χ1v) is 4.54. The summed E-state index contributed by atoms with van der Waals surface area (Å²) in [6.45, 7) is 0. The molecule has 0 heterocycles. The normalized spacial score (nSPS) is 7.38. The fraction of sp³-hybridized carbons (Fsp3) is 0. The molecule has 0 saturated carbocycles. The SMILES string of the molecule is N.N.N.O=P(O)(O)O.O=P([O-])([O-])[O-].[Li+].[Li+].[Li+]. The summed E-state index contributed by atoms with van der Waals surface area (Å²) in [5.41, 5.74) is 0. The van der Waals surface area contributed by atoms with Crippen LogP contribution >= 0.6 is 15.6 Å². The van der Waals surface area contributed by atoms with Gasteiger partial charge in [0, 0.05) is 0 Å². The summed E-state index contributed by atoms with van der Waals surface area (Å²) in [6.07, 6.45) is 0. The monoisotopic (exact) mass is 265 g/mol. The molecular weight excluding hydrogens is 253 g/mol. The fourth-order valence-corrected chi connectivity index (χ4v) is 0. The average Bonchev–Trinajstić information content (AvgIpc) is 1.12. The van der Waals surface area contributed by atoms with Gasteiger partial charge in [-0.15, -0.1) is 0 Å². The smallest absolute Gasteiger partial charge is 0.822 e. The molecule has 0 saturated heterocycles. The third-order valence-corrected chi connectivity index (χ3v) is 0. The van der Waals surface area contributed by atoms with E-state index in [1.165, 1.54) is 0 Å². The van der Waals surface area contributed by atoms with Crippen LogP contribution in [0.15, 0.2) is 0 Å². The van der Waals surface area contributed by atoms with E-state index in [0.717, 1.165) is 0 Å². The first-order valence-electron chi connectivity index (χ1n) is 1.51. The molecule has 0 rings (SSSR count). The van der Waals surface area contributed by atoms with Crippen molar-refractivity contribution in [2.45, 2.75) is 0 Å². The molecule has 11 nitrogen and oxygen atoms in total. The zero-order valence-corrected chi connectivity index (χ0v) is 11.2. The maximum absolute atomic E-state index is 8.88. The Morgan fingerprint density at radius 2 is 0.688 bits per heavy atom. The molecule has 0 aliphatic rings. The summed E-state index contributed by atoms with van der Waals surface area (Å²) < 4.78 is 17.4. The fourth-order valence-electron chi connectivity index (χ4n) is 0. The third kappa shape index (κ3) is 984. The summed E-state index contributed by atoms with van der Waals surface area (Å²) in [4.78, 5) is 47.2. The van der Waals surface area contributed by atoms with E-state index in [-0.39, 0.29) is 75.0 Å². The van der Waals surface area contributed by atoms with Gasteiger partial charge in [0.1, 0.15) is 0 Å². The molecule has 0 spiro atoms. The van der Waals surface area contributed by atoms with Crippen molar-refractivity contribution in [2.75, 3.05) is 0 Å². The molecule has 88 valence electrons. The second-order valence-corrected chi connectivity index (χ2v) is 2.88. The van der Waals surface area contributed by atoms with Crippen LogP contribution in [0.2, 0.25) is 0 Å². The van der Waals surface area contributed by atoms with Crippen molar-refractivity contribution in [1.29, 1.82) is 0 Å².